The van der Waals surface area contributed by atoms with Gasteiger partial charge < -0.3 is 30.9 Å². The molecule has 0 radical (unpaired) electrons. The molecule has 0 spiro atoms. The van der Waals surface area contributed by atoms with Gasteiger partial charge in [-0.05, 0) is 85.9 Å². The lowest BCUT2D eigenvalue weighted by atomic mass is 9.87. The van der Waals surface area contributed by atoms with Crippen LogP contribution in [0.5, 0.6) is 0 Å². The van der Waals surface area contributed by atoms with Crippen LogP contribution in [-0.4, -0.2) is 91.1 Å². The van der Waals surface area contributed by atoms with Gasteiger partial charge in [0, 0.05) is 18.2 Å². The molecule has 4 N–H and O–H groups in total. The number of benzene rings is 3. The van der Waals surface area contributed by atoms with Crippen LogP contribution in [0.3, 0.4) is 0 Å². The van der Waals surface area contributed by atoms with Crippen LogP contribution in [0.25, 0.3) is 11.1 Å². The minimum Gasteiger partial charge on any atom is -0.449 e. The third-order valence-corrected chi connectivity index (χ3v) is 11.3. The molecule has 11 nitrogen and oxygen atoms in total. The van der Waals surface area contributed by atoms with Gasteiger partial charge in [-0.25, -0.2) is 4.79 Å². The SMILES string of the molecule is CNC(C)C(=O)N[C@@H](CCCCNC(=O)OCC1c2ccccc2-c2ccccc21)C(=O)N1CSCC1C(=O)N[C@H]1CCCc2ccccc21.O=CC(F)(F)F. The molecule has 3 aromatic rings. The second-order valence-corrected chi connectivity index (χ2v) is 15.0. The lowest BCUT2D eigenvalue weighted by molar-refractivity contribution is -0.156. The number of fused-ring (bicyclic) bond motifs is 4. The lowest BCUT2D eigenvalue weighted by Gasteiger charge is -2.31. The Morgan fingerprint density at radius 1 is 0.946 bits per heavy atom. The van der Waals surface area contributed by atoms with Gasteiger partial charge in [0.1, 0.15) is 18.7 Å². The summed E-state index contributed by atoms with van der Waals surface area (Å²) in [6.45, 7) is 2.34. The fourth-order valence-electron chi connectivity index (χ4n) is 7.25. The predicted molar refractivity (Wildman–Crippen MR) is 208 cm³/mol. The number of likely N-dealkylation sites (N-methyl/N-ethyl adjacent to an activating group) is 1. The highest BCUT2D eigenvalue weighted by molar-refractivity contribution is 7.99. The minimum atomic E-state index is -4.64. The summed E-state index contributed by atoms with van der Waals surface area (Å²) in [4.78, 5) is 63.4. The molecule has 56 heavy (non-hydrogen) atoms. The van der Waals surface area contributed by atoms with E-state index in [0.29, 0.717) is 37.4 Å². The highest BCUT2D eigenvalue weighted by Gasteiger charge is 2.39. The van der Waals surface area contributed by atoms with Crippen molar-refractivity contribution in [3.05, 3.63) is 95.1 Å². The summed E-state index contributed by atoms with van der Waals surface area (Å²) in [5.41, 5.74) is 7.06. The molecular formula is C41H48F3N5O6S. The number of rotatable bonds is 13. The number of unbranched alkanes of at least 4 members (excludes halogenated alkanes) is 1. The monoisotopic (exact) mass is 795 g/mol. The molecular weight excluding hydrogens is 748 g/mol. The zero-order valence-electron chi connectivity index (χ0n) is 31.4. The molecule has 0 saturated carbocycles. The Kier molecular flexibility index (Phi) is 14.9. The number of ether oxygens (including phenoxy) is 1. The Morgan fingerprint density at radius 3 is 2.21 bits per heavy atom. The van der Waals surface area contributed by atoms with Gasteiger partial charge in [0.25, 0.3) is 0 Å². The molecule has 1 aliphatic heterocycles. The predicted octanol–water partition coefficient (Wildman–Crippen LogP) is 5.63. The third-order valence-electron chi connectivity index (χ3n) is 10.3. The molecule has 0 aromatic heterocycles. The van der Waals surface area contributed by atoms with Crippen LogP contribution in [-0.2, 0) is 30.3 Å². The number of aldehydes is 1. The number of alkyl halides is 3. The van der Waals surface area contributed by atoms with Gasteiger partial charge in [0.2, 0.25) is 24.0 Å². The molecule has 3 aromatic carbocycles. The van der Waals surface area contributed by atoms with Crippen molar-refractivity contribution in [1.82, 2.24) is 26.2 Å². The molecule has 0 bridgehead atoms. The molecule has 6 rings (SSSR count). The van der Waals surface area contributed by atoms with Crippen LogP contribution in [0.2, 0.25) is 0 Å². The fraction of sp³-hybridized carbons (Fsp3) is 0.439. The summed E-state index contributed by atoms with van der Waals surface area (Å²) >= 11 is 1.54. The number of thioether (sulfide) groups is 1. The normalized spacial score (nSPS) is 18.2. The maximum atomic E-state index is 14.0. The van der Waals surface area contributed by atoms with E-state index in [2.05, 4.69) is 57.7 Å². The van der Waals surface area contributed by atoms with Crippen molar-refractivity contribution in [3.8, 4) is 11.1 Å². The zero-order chi connectivity index (χ0) is 40.2. The minimum absolute atomic E-state index is 0.0170. The summed E-state index contributed by atoms with van der Waals surface area (Å²) in [6.07, 6.45) is -1.79. The van der Waals surface area contributed by atoms with Gasteiger partial charge in [-0.1, -0.05) is 72.8 Å². The first-order valence-corrected chi connectivity index (χ1v) is 19.9. The van der Waals surface area contributed by atoms with Gasteiger partial charge in [0.15, 0.2) is 0 Å². The van der Waals surface area contributed by atoms with E-state index in [1.807, 2.05) is 36.4 Å². The number of aryl methyl sites for hydroxylation is 1. The highest BCUT2D eigenvalue weighted by Crippen LogP contribution is 2.44. The van der Waals surface area contributed by atoms with Crippen molar-refractivity contribution < 1.29 is 41.9 Å². The zero-order valence-corrected chi connectivity index (χ0v) is 32.2. The van der Waals surface area contributed by atoms with Crippen molar-refractivity contribution in [1.29, 1.82) is 0 Å². The van der Waals surface area contributed by atoms with Gasteiger partial charge in [-0.3, -0.25) is 19.2 Å². The number of carbonyl (C=O) groups excluding carboxylic acids is 5. The van der Waals surface area contributed by atoms with Gasteiger partial charge >= 0.3 is 12.3 Å². The number of hydrogen-bond donors (Lipinski definition) is 4. The average molecular weight is 796 g/mol. The first-order chi connectivity index (χ1) is 26.9. The van der Waals surface area contributed by atoms with Crippen molar-refractivity contribution in [2.45, 2.75) is 81.7 Å². The Labute approximate surface area is 328 Å². The van der Waals surface area contributed by atoms with Crippen LogP contribution in [0.15, 0.2) is 72.8 Å². The number of nitrogens with one attached hydrogen (secondary N) is 4. The highest BCUT2D eigenvalue weighted by atomic mass is 32.2. The molecule has 2 unspecified atom stereocenters. The second kappa shape index (κ2) is 19.8. The van der Waals surface area contributed by atoms with Crippen LogP contribution in [0, 0.1) is 0 Å². The number of halogens is 3. The van der Waals surface area contributed by atoms with Crippen LogP contribution in [0.1, 0.15) is 73.2 Å². The molecule has 2 aliphatic carbocycles. The average Bonchev–Trinajstić information content (AvgIpc) is 3.82. The summed E-state index contributed by atoms with van der Waals surface area (Å²) in [5.74, 6) is 0.163. The van der Waals surface area contributed by atoms with E-state index in [1.54, 1.807) is 30.6 Å². The summed E-state index contributed by atoms with van der Waals surface area (Å²) < 4.78 is 36.9. The largest absolute Gasteiger partial charge is 0.449 e. The van der Waals surface area contributed by atoms with Gasteiger partial charge in [-0.15, -0.1) is 11.8 Å². The van der Waals surface area contributed by atoms with E-state index in [1.165, 1.54) is 16.7 Å². The first-order valence-electron chi connectivity index (χ1n) is 18.8. The quantitative estimate of drug-likeness (QED) is 0.129. The van der Waals surface area contributed by atoms with Crippen molar-refractivity contribution in [2.75, 3.05) is 31.8 Å². The Bertz CT molecular complexity index is 1820. The third kappa shape index (κ3) is 10.9. The molecule has 1 fully saturated rings. The molecule has 300 valence electrons. The van der Waals surface area contributed by atoms with Gasteiger partial charge in [0.05, 0.1) is 18.0 Å². The first kappa shape index (κ1) is 42.3. The summed E-state index contributed by atoms with van der Waals surface area (Å²) in [5, 5.41) is 11.9. The van der Waals surface area contributed by atoms with Crippen LogP contribution < -0.4 is 21.3 Å². The van der Waals surface area contributed by atoms with Crippen molar-refractivity contribution in [3.63, 3.8) is 0 Å². The molecule has 4 atom stereocenters. The maximum absolute atomic E-state index is 14.0. The number of hydrogen-bond acceptors (Lipinski definition) is 8. The van der Waals surface area contributed by atoms with Crippen molar-refractivity contribution >= 4 is 41.9 Å². The number of alkyl carbamates (subject to hydrolysis) is 1. The molecule has 3 aliphatic rings. The smallest absolute Gasteiger partial charge is 0.446 e. The number of carbonyl (C=O) groups is 5. The Hall–Kier alpha value is -4.89. The van der Waals surface area contributed by atoms with E-state index in [0.717, 1.165) is 36.0 Å². The standard InChI is InChI=1S/C39H47N5O5S.C2HF3O/c1-25(40-2)36(45)43-34(38(47)44-24-50-23-35(44)37(46)42-33-20-11-13-26-12-3-4-14-27(26)33)19-9-10-21-41-39(48)49-22-32-30-17-7-5-15-28(30)29-16-6-8-18-31(29)32;3-2(4,5)1-6/h3-8,12,14-18,25,32-35,40H,9-11,13,19-24H2,1-2H3,(H,41,48)(H,42,46)(H,43,45);1H/t25?,33-,34-,35?;/m0./s1. The lowest BCUT2D eigenvalue weighted by Crippen LogP contribution is -2.56. The second-order valence-electron chi connectivity index (χ2n) is 14.0. The summed E-state index contributed by atoms with van der Waals surface area (Å²) in [7, 11) is 1.69. The van der Waals surface area contributed by atoms with E-state index in [9.17, 15) is 32.3 Å². The number of nitrogens with zero attached hydrogens (tertiary/aromatic N) is 1. The van der Waals surface area contributed by atoms with Crippen molar-refractivity contribution in [2.24, 2.45) is 0 Å². The Balaban J connectivity index is 0.000000927. The van der Waals surface area contributed by atoms with E-state index in [-0.39, 0.29) is 36.3 Å². The van der Waals surface area contributed by atoms with Crippen LogP contribution in [0.4, 0.5) is 18.0 Å². The summed E-state index contributed by atoms with van der Waals surface area (Å²) in [6, 6.07) is 22.7. The number of amides is 4. The molecule has 4 amide bonds. The maximum Gasteiger partial charge on any atom is 0.446 e. The van der Waals surface area contributed by atoms with E-state index in [4.69, 9.17) is 9.53 Å². The molecule has 15 heteroatoms. The van der Waals surface area contributed by atoms with E-state index < -0.39 is 36.7 Å². The fourth-order valence-corrected chi connectivity index (χ4v) is 8.41. The topological polar surface area (TPSA) is 146 Å². The molecule has 1 saturated heterocycles. The van der Waals surface area contributed by atoms with E-state index >= 15 is 0 Å². The molecule has 1 heterocycles. The van der Waals surface area contributed by atoms with Crippen LogP contribution >= 0.6 is 11.8 Å². The Morgan fingerprint density at radius 2 is 1.57 bits per heavy atom. The van der Waals surface area contributed by atoms with Gasteiger partial charge in [-0.2, -0.15) is 13.2 Å².